The number of halogens is 2. The zero-order valence-electron chi connectivity index (χ0n) is 13.6. The molecule has 0 atom stereocenters. The van der Waals surface area contributed by atoms with Gasteiger partial charge in [0.2, 0.25) is 0 Å². The van der Waals surface area contributed by atoms with Crippen molar-refractivity contribution in [1.82, 2.24) is 0 Å². The number of hydrogen-bond acceptors (Lipinski definition) is 3. The Morgan fingerprint density at radius 2 is 1.79 bits per heavy atom. The van der Waals surface area contributed by atoms with Gasteiger partial charge in [0.15, 0.2) is 6.61 Å². The first-order valence-corrected chi connectivity index (χ1v) is 7.66. The highest BCUT2D eigenvalue weighted by Gasteiger charge is 2.18. The van der Waals surface area contributed by atoms with Gasteiger partial charge in [0, 0.05) is 5.69 Å². The molecule has 0 radical (unpaired) electrons. The van der Waals surface area contributed by atoms with Crippen molar-refractivity contribution in [2.75, 3.05) is 11.9 Å². The van der Waals surface area contributed by atoms with E-state index < -0.39 is 24.3 Å². The Morgan fingerprint density at radius 1 is 1.17 bits per heavy atom. The molecule has 0 unspecified atom stereocenters. The number of nitrogens with one attached hydrogen (secondary N) is 1. The van der Waals surface area contributed by atoms with Crippen molar-refractivity contribution in [3.8, 4) is 0 Å². The fraction of sp³-hybridized carbons (Fsp3) is 0.222. The summed E-state index contributed by atoms with van der Waals surface area (Å²) in [7, 11) is 0. The molecule has 1 amide bonds. The second-order valence-electron chi connectivity index (χ2n) is 5.49. The predicted octanol–water partition coefficient (Wildman–Crippen LogP) is 4.20. The third kappa shape index (κ3) is 4.11. The molecule has 0 aliphatic heterocycles. The van der Waals surface area contributed by atoms with Crippen LogP contribution in [-0.2, 0) is 9.53 Å². The number of amides is 1. The summed E-state index contributed by atoms with van der Waals surface area (Å²) in [5.74, 6) is -2.28. The summed E-state index contributed by atoms with van der Waals surface area (Å²) in [5.41, 5.74) is 3.19. The van der Waals surface area contributed by atoms with Crippen LogP contribution < -0.4 is 5.32 Å². The van der Waals surface area contributed by atoms with Crippen molar-refractivity contribution >= 4 is 29.2 Å². The molecule has 0 bridgehead atoms. The second kappa shape index (κ2) is 7.45. The van der Waals surface area contributed by atoms with E-state index in [4.69, 9.17) is 16.3 Å². The van der Waals surface area contributed by atoms with E-state index in [0.29, 0.717) is 5.69 Å². The van der Waals surface area contributed by atoms with Gasteiger partial charge in [-0.3, -0.25) is 4.79 Å². The monoisotopic (exact) mass is 349 g/mol. The molecule has 6 heteroatoms. The van der Waals surface area contributed by atoms with E-state index >= 15 is 0 Å². The van der Waals surface area contributed by atoms with Crippen LogP contribution in [0.4, 0.5) is 10.1 Å². The maximum Gasteiger partial charge on any atom is 0.343 e. The van der Waals surface area contributed by atoms with E-state index in [1.54, 1.807) is 0 Å². The van der Waals surface area contributed by atoms with Gasteiger partial charge >= 0.3 is 5.97 Å². The van der Waals surface area contributed by atoms with Gasteiger partial charge in [-0.05, 0) is 44.0 Å². The molecule has 0 aliphatic carbocycles. The molecule has 4 nitrogen and oxygen atoms in total. The van der Waals surface area contributed by atoms with Crippen LogP contribution in [0.25, 0.3) is 0 Å². The van der Waals surface area contributed by atoms with Crippen molar-refractivity contribution < 1.29 is 18.7 Å². The fourth-order valence-corrected chi connectivity index (χ4v) is 2.69. The maximum atomic E-state index is 13.6. The minimum atomic E-state index is -0.981. The number of carbonyl (C=O) groups excluding carboxylic acids is 2. The van der Waals surface area contributed by atoms with Crippen LogP contribution in [0, 0.1) is 26.6 Å². The van der Waals surface area contributed by atoms with Gasteiger partial charge in [-0.1, -0.05) is 35.4 Å². The second-order valence-corrected chi connectivity index (χ2v) is 5.90. The third-order valence-electron chi connectivity index (χ3n) is 3.44. The Labute approximate surface area is 144 Å². The van der Waals surface area contributed by atoms with Gasteiger partial charge in [0.1, 0.15) is 11.4 Å². The predicted molar refractivity (Wildman–Crippen MR) is 91.0 cm³/mol. The van der Waals surface area contributed by atoms with E-state index in [1.807, 2.05) is 32.9 Å². The molecular formula is C18H17ClFNO3. The zero-order valence-corrected chi connectivity index (χ0v) is 14.3. The number of rotatable bonds is 4. The molecular weight excluding hydrogens is 333 g/mol. The highest BCUT2D eigenvalue weighted by atomic mass is 35.5. The Bertz CT molecular complexity index is 762. The van der Waals surface area contributed by atoms with Crippen LogP contribution in [0.1, 0.15) is 27.0 Å². The third-order valence-corrected chi connectivity index (χ3v) is 3.76. The number of anilines is 1. The average Bonchev–Trinajstić information content (AvgIpc) is 2.48. The minimum Gasteiger partial charge on any atom is -0.452 e. The fourth-order valence-electron chi connectivity index (χ4n) is 2.45. The van der Waals surface area contributed by atoms with Crippen molar-refractivity contribution in [3.63, 3.8) is 0 Å². The van der Waals surface area contributed by atoms with E-state index in [-0.39, 0.29) is 10.6 Å². The first-order valence-electron chi connectivity index (χ1n) is 7.28. The van der Waals surface area contributed by atoms with Gasteiger partial charge in [-0.2, -0.15) is 0 Å². The van der Waals surface area contributed by atoms with E-state index in [2.05, 4.69) is 5.32 Å². The molecule has 1 N–H and O–H groups in total. The lowest BCUT2D eigenvalue weighted by Gasteiger charge is -2.13. The largest absolute Gasteiger partial charge is 0.452 e. The number of hydrogen-bond donors (Lipinski definition) is 1. The Hall–Kier alpha value is -2.40. The highest BCUT2D eigenvalue weighted by Crippen LogP contribution is 2.22. The summed E-state index contributed by atoms with van der Waals surface area (Å²) in [4.78, 5) is 23.9. The molecule has 2 aromatic carbocycles. The SMILES string of the molecule is Cc1cc(C)c(NC(=O)COC(=O)c2c(F)cccc2Cl)c(C)c1. The average molecular weight is 350 g/mol. The highest BCUT2D eigenvalue weighted by molar-refractivity contribution is 6.33. The molecule has 2 aromatic rings. The van der Waals surface area contributed by atoms with Crippen molar-refractivity contribution in [1.29, 1.82) is 0 Å². The van der Waals surface area contributed by atoms with Crippen LogP contribution in [0.2, 0.25) is 5.02 Å². The molecule has 0 aliphatic rings. The van der Waals surface area contributed by atoms with E-state index in [1.165, 1.54) is 12.1 Å². The van der Waals surface area contributed by atoms with Crippen molar-refractivity contribution in [2.24, 2.45) is 0 Å². The van der Waals surface area contributed by atoms with Gasteiger partial charge in [0.05, 0.1) is 5.02 Å². The number of aryl methyl sites for hydroxylation is 3. The van der Waals surface area contributed by atoms with Crippen molar-refractivity contribution in [2.45, 2.75) is 20.8 Å². The molecule has 0 saturated carbocycles. The first kappa shape index (κ1) is 17.9. The topological polar surface area (TPSA) is 55.4 Å². The quantitative estimate of drug-likeness (QED) is 0.842. The smallest absolute Gasteiger partial charge is 0.343 e. The normalized spacial score (nSPS) is 10.4. The summed E-state index contributed by atoms with van der Waals surface area (Å²) in [6, 6.07) is 7.73. The summed E-state index contributed by atoms with van der Waals surface area (Å²) < 4.78 is 18.5. The molecule has 126 valence electrons. The lowest BCUT2D eigenvalue weighted by Crippen LogP contribution is -2.22. The standard InChI is InChI=1S/C18H17ClFNO3/c1-10-7-11(2)17(12(3)8-10)21-15(22)9-24-18(23)16-13(19)5-4-6-14(16)20/h4-8H,9H2,1-3H3,(H,21,22). The number of carbonyl (C=O) groups is 2. The lowest BCUT2D eigenvalue weighted by molar-refractivity contribution is -0.119. The molecule has 0 aromatic heterocycles. The van der Waals surface area contributed by atoms with E-state index in [0.717, 1.165) is 22.8 Å². The Kier molecular flexibility index (Phi) is 5.57. The number of ether oxygens (including phenoxy) is 1. The van der Waals surface area contributed by atoms with Crippen LogP contribution >= 0.6 is 11.6 Å². The Balaban J connectivity index is 2.03. The summed E-state index contributed by atoms with van der Waals surface area (Å²) >= 11 is 5.78. The number of esters is 1. The summed E-state index contributed by atoms with van der Waals surface area (Å²) in [5, 5.41) is 2.63. The molecule has 2 rings (SSSR count). The number of benzene rings is 2. The zero-order chi connectivity index (χ0) is 17.9. The van der Waals surface area contributed by atoms with Gasteiger partial charge in [-0.15, -0.1) is 0 Å². The van der Waals surface area contributed by atoms with Crippen molar-refractivity contribution in [3.05, 3.63) is 63.4 Å². The molecule has 0 spiro atoms. The molecule has 24 heavy (non-hydrogen) atoms. The first-order chi connectivity index (χ1) is 11.3. The van der Waals surface area contributed by atoms with Crippen LogP contribution in [-0.4, -0.2) is 18.5 Å². The lowest BCUT2D eigenvalue weighted by atomic mass is 10.1. The van der Waals surface area contributed by atoms with Crippen LogP contribution in [0.3, 0.4) is 0 Å². The maximum absolute atomic E-state index is 13.6. The minimum absolute atomic E-state index is 0.0642. The van der Waals surface area contributed by atoms with Gasteiger partial charge < -0.3 is 10.1 Å². The molecule has 0 fully saturated rings. The van der Waals surface area contributed by atoms with Crippen LogP contribution in [0.5, 0.6) is 0 Å². The van der Waals surface area contributed by atoms with Gasteiger partial charge in [-0.25, -0.2) is 9.18 Å². The summed E-state index contributed by atoms with van der Waals surface area (Å²) in [6.07, 6.45) is 0. The Morgan fingerprint density at radius 3 is 2.38 bits per heavy atom. The van der Waals surface area contributed by atoms with Crippen LogP contribution in [0.15, 0.2) is 30.3 Å². The van der Waals surface area contributed by atoms with E-state index in [9.17, 15) is 14.0 Å². The van der Waals surface area contributed by atoms with Gasteiger partial charge in [0.25, 0.3) is 5.91 Å². The molecule has 0 saturated heterocycles. The molecule has 0 heterocycles. The summed E-state index contributed by atoms with van der Waals surface area (Å²) in [6.45, 7) is 5.18.